The summed E-state index contributed by atoms with van der Waals surface area (Å²) in [5.74, 6) is -1.78. The lowest BCUT2D eigenvalue weighted by Gasteiger charge is -2.37. The van der Waals surface area contributed by atoms with Gasteiger partial charge in [0.05, 0.1) is 11.2 Å². The third kappa shape index (κ3) is 2.71. The van der Waals surface area contributed by atoms with Gasteiger partial charge >= 0.3 is 5.97 Å². The van der Waals surface area contributed by atoms with Gasteiger partial charge in [-0.05, 0) is 32.3 Å². The van der Waals surface area contributed by atoms with E-state index >= 15 is 0 Å². The van der Waals surface area contributed by atoms with Crippen molar-refractivity contribution in [1.29, 1.82) is 0 Å². The molecule has 2 rings (SSSR count). The fraction of sp³-hybridized carbons (Fsp3) is 0.769. The summed E-state index contributed by atoms with van der Waals surface area (Å²) in [4.78, 5) is 36.6. The van der Waals surface area contributed by atoms with Gasteiger partial charge in [-0.25, -0.2) is 13.2 Å². The minimum absolute atomic E-state index is 0.121. The smallest absolute Gasteiger partial charge is 0.326 e. The maximum atomic E-state index is 12.5. The van der Waals surface area contributed by atoms with Crippen LogP contribution in [-0.4, -0.2) is 70.4 Å². The van der Waals surface area contributed by atoms with Crippen molar-refractivity contribution in [1.82, 2.24) is 10.2 Å². The molecule has 2 aliphatic heterocycles. The van der Waals surface area contributed by atoms with Crippen LogP contribution in [0.5, 0.6) is 0 Å². The molecule has 0 aromatic carbocycles. The van der Waals surface area contributed by atoms with Crippen molar-refractivity contribution < 1.29 is 27.9 Å². The van der Waals surface area contributed by atoms with Crippen molar-refractivity contribution in [3.05, 3.63) is 0 Å². The average molecular weight is 364 g/mol. The molecule has 10 heteroatoms. The summed E-state index contributed by atoms with van der Waals surface area (Å²) in [7, 11) is -3.67. The van der Waals surface area contributed by atoms with Gasteiger partial charge in [0.2, 0.25) is 11.8 Å². The number of fused-ring (bicyclic) bond motifs is 1. The molecule has 0 aliphatic carbocycles. The number of carboxylic acid groups (broad SMARTS) is 1. The molecule has 0 radical (unpaired) electrons. The van der Waals surface area contributed by atoms with E-state index in [1.165, 1.54) is 25.6 Å². The summed E-state index contributed by atoms with van der Waals surface area (Å²) in [5.41, 5.74) is 0. The lowest BCUT2D eigenvalue weighted by atomic mass is 9.97. The number of hydrogen-bond donors (Lipinski definition) is 2. The number of thioether (sulfide) groups is 1. The molecular formula is C13H20N2O6S2. The molecule has 2 N–H and O–H groups in total. The number of hydrogen-bond acceptors (Lipinski definition) is 6. The fourth-order valence-electron chi connectivity index (χ4n) is 3.00. The maximum absolute atomic E-state index is 12.5. The van der Waals surface area contributed by atoms with E-state index in [-0.39, 0.29) is 12.8 Å². The number of carbonyl (C=O) groups is 3. The van der Waals surface area contributed by atoms with Gasteiger partial charge in [-0.2, -0.15) is 11.8 Å². The molecule has 130 valence electrons. The highest BCUT2D eigenvalue weighted by Crippen LogP contribution is 2.45. The molecule has 2 amide bonds. The highest BCUT2D eigenvalue weighted by atomic mass is 32.2. The van der Waals surface area contributed by atoms with Crippen LogP contribution in [0.4, 0.5) is 0 Å². The Balaban J connectivity index is 2.24. The van der Waals surface area contributed by atoms with Crippen LogP contribution >= 0.6 is 11.8 Å². The number of carbonyl (C=O) groups excluding carboxylic acids is 2. The third-order valence-electron chi connectivity index (χ3n) is 4.45. The summed E-state index contributed by atoms with van der Waals surface area (Å²) < 4.78 is 23.4. The first kappa shape index (κ1) is 18.1. The molecule has 0 spiro atoms. The van der Waals surface area contributed by atoms with Gasteiger partial charge in [0.15, 0.2) is 9.84 Å². The molecule has 0 aromatic heterocycles. The van der Waals surface area contributed by atoms with Crippen molar-refractivity contribution in [3.63, 3.8) is 0 Å². The van der Waals surface area contributed by atoms with Gasteiger partial charge in [-0.3, -0.25) is 9.59 Å². The molecule has 2 saturated heterocycles. The van der Waals surface area contributed by atoms with Crippen LogP contribution in [0.15, 0.2) is 0 Å². The number of amides is 2. The van der Waals surface area contributed by atoms with Crippen LogP contribution in [0.3, 0.4) is 0 Å². The summed E-state index contributed by atoms with van der Waals surface area (Å²) >= 11 is 1.44. The molecule has 23 heavy (non-hydrogen) atoms. The van der Waals surface area contributed by atoms with Crippen LogP contribution < -0.4 is 5.32 Å². The van der Waals surface area contributed by atoms with E-state index in [2.05, 4.69) is 5.32 Å². The second kappa shape index (κ2) is 5.97. The molecule has 0 aromatic rings. The number of nitrogens with zero attached hydrogens (tertiary/aromatic N) is 1. The van der Waals surface area contributed by atoms with Crippen molar-refractivity contribution in [2.24, 2.45) is 0 Å². The first-order valence-corrected chi connectivity index (χ1v) is 10.1. The van der Waals surface area contributed by atoms with E-state index in [4.69, 9.17) is 0 Å². The fourth-order valence-corrected chi connectivity index (χ4v) is 5.60. The lowest BCUT2D eigenvalue weighted by Crippen LogP contribution is -2.61. The standard InChI is InChI=1S/C13H20N2O6S2/c1-13(2)10(15-8(16)6-9(15)23(13,20)21)11(17)14-7(12(18)19)4-5-22-3/h7,9-10H,4-6H2,1-3H3,(H,14,17)(H,18,19)/t7-,9+,10-/m0/s1. The zero-order valence-electron chi connectivity index (χ0n) is 13.1. The molecule has 3 atom stereocenters. The topological polar surface area (TPSA) is 121 Å². The zero-order valence-corrected chi connectivity index (χ0v) is 14.7. The zero-order chi connectivity index (χ0) is 17.6. The number of rotatable bonds is 6. The quantitative estimate of drug-likeness (QED) is 0.606. The predicted octanol–water partition coefficient (Wildman–Crippen LogP) is -0.557. The van der Waals surface area contributed by atoms with Crippen LogP contribution in [0, 0.1) is 0 Å². The normalized spacial score (nSPS) is 28.7. The number of nitrogens with one attached hydrogen (secondary N) is 1. The number of carboxylic acids is 1. The Morgan fingerprint density at radius 1 is 1.48 bits per heavy atom. The molecule has 2 fully saturated rings. The number of β-lactam (4-membered cyclic amide) rings is 1. The Hall–Kier alpha value is -1.29. The first-order valence-electron chi connectivity index (χ1n) is 7.12. The highest BCUT2D eigenvalue weighted by molar-refractivity contribution is 7.98. The van der Waals surface area contributed by atoms with Crippen LogP contribution in [-0.2, 0) is 24.2 Å². The van der Waals surface area contributed by atoms with E-state index in [9.17, 15) is 27.9 Å². The summed E-state index contributed by atoms with van der Waals surface area (Å²) in [6, 6.07) is -2.31. The Morgan fingerprint density at radius 3 is 2.57 bits per heavy atom. The van der Waals surface area contributed by atoms with Gasteiger partial charge in [0, 0.05) is 0 Å². The van der Waals surface area contributed by atoms with Gasteiger partial charge < -0.3 is 15.3 Å². The molecular weight excluding hydrogens is 344 g/mol. The second-order valence-electron chi connectivity index (χ2n) is 6.19. The van der Waals surface area contributed by atoms with E-state index in [0.717, 1.165) is 4.90 Å². The lowest BCUT2D eigenvalue weighted by molar-refractivity contribution is -0.151. The van der Waals surface area contributed by atoms with E-state index in [1.54, 1.807) is 0 Å². The van der Waals surface area contributed by atoms with Crippen molar-refractivity contribution in [3.8, 4) is 0 Å². The average Bonchev–Trinajstić information content (AvgIpc) is 2.56. The van der Waals surface area contributed by atoms with Crippen LogP contribution in [0.25, 0.3) is 0 Å². The van der Waals surface area contributed by atoms with Gasteiger partial charge in [-0.1, -0.05) is 0 Å². The Labute approximate surface area is 138 Å². The van der Waals surface area contributed by atoms with Crippen molar-refractivity contribution >= 4 is 39.4 Å². The molecule has 0 bridgehead atoms. The third-order valence-corrected chi connectivity index (χ3v) is 7.89. The molecule has 2 aliphatic rings. The molecule has 0 unspecified atom stereocenters. The SMILES string of the molecule is CSCC[C@H](NC(=O)[C@@H]1N2C(=O)C[C@H]2S(=O)(=O)C1(C)C)C(=O)O. The van der Waals surface area contributed by atoms with Crippen molar-refractivity contribution in [2.45, 2.75) is 48.9 Å². The predicted molar refractivity (Wildman–Crippen MR) is 84.6 cm³/mol. The monoisotopic (exact) mass is 364 g/mol. The summed E-state index contributed by atoms with van der Waals surface area (Å²) in [6.07, 6.45) is 1.92. The second-order valence-corrected chi connectivity index (χ2v) is 9.86. The largest absolute Gasteiger partial charge is 0.480 e. The van der Waals surface area contributed by atoms with Gasteiger partial charge in [-0.15, -0.1) is 0 Å². The Bertz CT molecular complexity index is 645. The summed E-state index contributed by atoms with van der Waals surface area (Å²) in [5, 5.41) is 10.6. The Morgan fingerprint density at radius 2 is 2.09 bits per heavy atom. The Kier molecular flexibility index (Phi) is 4.69. The first-order chi connectivity index (χ1) is 10.6. The summed E-state index contributed by atoms with van der Waals surface area (Å²) in [6.45, 7) is 2.80. The molecule has 2 heterocycles. The van der Waals surface area contributed by atoms with E-state index < -0.39 is 49.8 Å². The van der Waals surface area contributed by atoms with E-state index in [1.807, 2.05) is 6.26 Å². The minimum atomic E-state index is -3.67. The van der Waals surface area contributed by atoms with E-state index in [0.29, 0.717) is 5.75 Å². The minimum Gasteiger partial charge on any atom is -0.480 e. The van der Waals surface area contributed by atoms with Crippen molar-refractivity contribution in [2.75, 3.05) is 12.0 Å². The maximum Gasteiger partial charge on any atom is 0.326 e. The van der Waals surface area contributed by atoms with Gasteiger partial charge in [0.1, 0.15) is 17.5 Å². The molecule has 8 nitrogen and oxygen atoms in total. The molecule has 0 saturated carbocycles. The number of sulfone groups is 1. The van der Waals surface area contributed by atoms with Crippen LogP contribution in [0.1, 0.15) is 26.7 Å². The van der Waals surface area contributed by atoms with Crippen LogP contribution in [0.2, 0.25) is 0 Å². The highest BCUT2D eigenvalue weighted by Gasteiger charge is 2.67. The van der Waals surface area contributed by atoms with Gasteiger partial charge in [0.25, 0.3) is 0 Å². The number of aliphatic carboxylic acids is 1.